The molecule has 0 saturated heterocycles. The maximum Gasteiger partial charge on any atom is 0.200 e. The molecule has 0 heterocycles. The minimum absolute atomic E-state index is 0.270. The summed E-state index contributed by atoms with van der Waals surface area (Å²) in [5, 5.41) is 19.1. The van der Waals surface area contributed by atoms with Gasteiger partial charge in [0, 0.05) is 5.56 Å². The van der Waals surface area contributed by atoms with Crippen LogP contribution in [0.25, 0.3) is 0 Å². The zero-order chi connectivity index (χ0) is 13.2. The Kier molecular flexibility index (Phi) is 3.11. The molecule has 4 nitrogen and oxygen atoms in total. The number of benzene rings is 1. The summed E-state index contributed by atoms with van der Waals surface area (Å²) >= 11 is 0. The van der Waals surface area contributed by atoms with Crippen molar-refractivity contribution in [2.24, 2.45) is 5.73 Å². The highest BCUT2D eigenvalue weighted by Gasteiger charge is 2.39. The second-order valence-electron chi connectivity index (χ2n) is 4.12. The lowest BCUT2D eigenvalue weighted by molar-refractivity contribution is 0.0477. The van der Waals surface area contributed by atoms with Crippen molar-refractivity contribution >= 4 is 5.78 Å². The van der Waals surface area contributed by atoms with Crippen molar-refractivity contribution in [1.82, 2.24) is 0 Å². The van der Waals surface area contributed by atoms with E-state index >= 15 is 0 Å². The summed E-state index contributed by atoms with van der Waals surface area (Å²) in [6, 6.07) is 7.35. The van der Waals surface area contributed by atoms with Gasteiger partial charge in [0.25, 0.3) is 0 Å². The molecule has 0 aromatic heterocycles. The fourth-order valence-electron chi connectivity index (χ4n) is 1.83. The fraction of sp³-hybridized carbons (Fsp3) is 0.143. The smallest absolute Gasteiger partial charge is 0.200 e. The van der Waals surface area contributed by atoms with Crippen LogP contribution in [-0.4, -0.2) is 22.5 Å². The van der Waals surface area contributed by atoms with E-state index in [0.717, 1.165) is 0 Å². The largest absolute Gasteiger partial charge is 0.376 e. The highest BCUT2D eigenvalue weighted by Crippen LogP contribution is 2.22. The quantitative estimate of drug-likeness (QED) is 0.753. The van der Waals surface area contributed by atoms with Gasteiger partial charge in [0.05, 0.1) is 17.7 Å². The number of hydrogen-bond acceptors (Lipinski definition) is 4. The number of Topliss-reactive ketones (excluding diaryl/α,β-unsaturated/α-hetero) is 1. The van der Waals surface area contributed by atoms with E-state index in [1.165, 1.54) is 12.1 Å². The number of hydrogen-bond donors (Lipinski definition) is 2. The molecule has 0 aliphatic heterocycles. The van der Waals surface area contributed by atoms with E-state index < -0.39 is 17.4 Å². The summed E-state index contributed by atoms with van der Waals surface area (Å²) in [6.45, 7) is 0. The van der Waals surface area contributed by atoms with Crippen LogP contribution in [0.2, 0.25) is 0 Å². The van der Waals surface area contributed by atoms with Crippen molar-refractivity contribution < 1.29 is 9.90 Å². The third kappa shape index (κ3) is 1.97. The van der Waals surface area contributed by atoms with Gasteiger partial charge >= 0.3 is 0 Å². The molecule has 0 radical (unpaired) electrons. The number of carbonyl (C=O) groups is 1. The minimum atomic E-state index is -1.75. The molecule has 3 N–H and O–H groups in total. The zero-order valence-electron chi connectivity index (χ0n) is 9.58. The first-order chi connectivity index (χ1) is 8.58. The molecule has 2 unspecified atom stereocenters. The third-order valence-corrected chi connectivity index (χ3v) is 2.91. The lowest BCUT2D eigenvalue weighted by atomic mass is 9.83. The lowest BCUT2D eigenvalue weighted by Crippen LogP contribution is -2.52. The molecule has 0 bridgehead atoms. The maximum absolute atomic E-state index is 12.3. The van der Waals surface area contributed by atoms with Crippen molar-refractivity contribution in [3.63, 3.8) is 0 Å². The lowest BCUT2D eigenvalue weighted by Gasteiger charge is -2.29. The average Bonchev–Trinajstić information content (AvgIpc) is 2.41. The van der Waals surface area contributed by atoms with Crippen molar-refractivity contribution in [3.8, 4) is 6.07 Å². The highest BCUT2D eigenvalue weighted by molar-refractivity contribution is 6.05. The molecule has 90 valence electrons. The molecular weight excluding hydrogens is 228 g/mol. The van der Waals surface area contributed by atoms with Crippen LogP contribution in [0.15, 0.2) is 48.6 Å². The SMILES string of the molecule is N#Cc1cccc(C(=O)C2(O)C=CC=CC2N)c1. The van der Waals surface area contributed by atoms with Crippen LogP contribution < -0.4 is 5.73 Å². The highest BCUT2D eigenvalue weighted by atomic mass is 16.3. The molecule has 4 heteroatoms. The van der Waals surface area contributed by atoms with Gasteiger partial charge in [-0.3, -0.25) is 4.79 Å². The van der Waals surface area contributed by atoms with Crippen LogP contribution in [-0.2, 0) is 0 Å². The van der Waals surface area contributed by atoms with Crippen molar-refractivity contribution in [3.05, 3.63) is 59.7 Å². The van der Waals surface area contributed by atoms with E-state index in [0.29, 0.717) is 5.56 Å². The first kappa shape index (κ1) is 12.2. The molecule has 1 aromatic rings. The van der Waals surface area contributed by atoms with Crippen LogP contribution in [0.3, 0.4) is 0 Å². The Morgan fingerprint density at radius 2 is 2.22 bits per heavy atom. The summed E-state index contributed by atoms with van der Waals surface area (Å²) < 4.78 is 0. The van der Waals surface area contributed by atoms with E-state index in [2.05, 4.69) is 0 Å². The molecule has 1 aliphatic carbocycles. The monoisotopic (exact) mass is 240 g/mol. The Hall–Kier alpha value is -2.22. The summed E-state index contributed by atoms with van der Waals surface area (Å²) in [4.78, 5) is 12.3. The van der Waals surface area contributed by atoms with Gasteiger partial charge in [0.1, 0.15) is 0 Å². The van der Waals surface area contributed by atoms with Gasteiger partial charge in [0.15, 0.2) is 11.4 Å². The van der Waals surface area contributed by atoms with Crippen LogP contribution in [0.5, 0.6) is 0 Å². The number of rotatable bonds is 2. The summed E-state index contributed by atoms with van der Waals surface area (Å²) in [5.74, 6) is -0.507. The van der Waals surface area contributed by atoms with Gasteiger partial charge in [-0.25, -0.2) is 0 Å². The van der Waals surface area contributed by atoms with Crippen molar-refractivity contribution in [2.75, 3.05) is 0 Å². The Bertz CT molecular complexity index is 584. The third-order valence-electron chi connectivity index (χ3n) is 2.91. The van der Waals surface area contributed by atoms with Gasteiger partial charge in [0.2, 0.25) is 0 Å². The Morgan fingerprint density at radius 1 is 1.44 bits per heavy atom. The topological polar surface area (TPSA) is 87.1 Å². The summed E-state index contributed by atoms with van der Waals surface area (Å²) in [6.07, 6.45) is 6.19. The number of nitrogens with two attached hydrogens (primary N) is 1. The first-order valence-corrected chi connectivity index (χ1v) is 5.47. The average molecular weight is 240 g/mol. The molecule has 0 spiro atoms. The van der Waals surface area contributed by atoms with Gasteiger partial charge < -0.3 is 10.8 Å². The molecule has 0 fully saturated rings. The predicted molar refractivity (Wildman–Crippen MR) is 66.7 cm³/mol. The maximum atomic E-state index is 12.3. The van der Waals surface area contributed by atoms with Crippen molar-refractivity contribution in [2.45, 2.75) is 11.6 Å². The van der Waals surface area contributed by atoms with E-state index in [-0.39, 0.29) is 5.56 Å². The number of carbonyl (C=O) groups excluding carboxylic acids is 1. The normalized spacial score (nSPS) is 25.7. The van der Waals surface area contributed by atoms with Gasteiger partial charge in [-0.1, -0.05) is 30.4 Å². The predicted octanol–water partition coefficient (Wildman–Crippen LogP) is 0.925. The van der Waals surface area contributed by atoms with E-state index in [1.807, 2.05) is 6.07 Å². The van der Waals surface area contributed by atoms with Crippen LogP contribution >= 0.6 is 0 Å². The number of nitriles is 1. The molecule has 1 aliphatic rings. The van der Waals surface area contributed by atoms with Crippen LogP contribution in [0.4, 0.5) is 0 Å². The van der Waals surface area contributed by atoms with Crippen LogP contribution in [0, 0.1) is 11.3 Å². The molecular formula is C14H12N2O2. The number of ketones is 1. The second-order valence-corrected chi connectivity index (χ2v) is 4.12. The van der Waals surface area contributed by atoms with Crippen LogP contribution in [0.1, 0.15) is 15.9 Å². The number of nitrogens with zero attached hydrogens (tertiary/aromatic N) is 1. The van der Waals surface area contributed by atoms with E-state index in [1.54, 1.807) is 36.4 Å². The summed E-state index contributed by atoms with van der Waals surface area (Å²) in [7, 11) is 0. The molecule has 0 saturated carbocycles. The first-order valence-electron chi connectivity index (χ1n) is 5.47. The van der Waals surface area contributed by atoms with E-state index in [9.17, 15) is 9.90 Å². The van der Waals surface area contributed by atoms with Gasteiger partial charge in [-0.2, -0.15) is 5.26 Å². The Morgan fingerprint density at radius 3 is 2.89 bits per heavy atom. The van der Waals surface area contributed by atoms with Gasteiger partial charge in [-0.15, -0.1) is 0 Å². The molecule has 2 atom stereocenters. The number of aliphatic hydroxyl groups is 1. The molecule has 1 aromatic carbocycles. The standard InChI is InChI=1S/C14H12N2O2/c15-9-10-4-3-5-11(8-10)13(17)14(18)7-2-1-6-12(14)16/h1-8,12,18H,16H2. The molecule has 2 rings (SSSR count). The van der Waals surface area contributed by atoms with Gasteiger partial charge in [-0.05, 0) is 18.2 Å². The van der Waals surface area contributed by atoms with Crippen molar-refractivity contribution in [1.29, 1.82) is 5.26 Å². The molecule has 0 amide bonds. The zero-order valence-corrected chi connectivity index (χ0v) is 9.58. The fourth-order valence-corrected chi connectivity index (χ4v) is 1.83. The second kappa shape index (κ2) is 4.57. The summed E-state index contributed by atoms with van der Waals surface area (Å²) in [5.41, 5.74) is 4.64. The minimum Gasteiger partial charge on any atom is -0.376 e. The Balaban J connectivity index is 2.40. The molecule has 18 heavy (non-hydrogen) atoms. The Labute approximate surface area is 105 Å². The van der Waals surface area contributed by atoms with E-state index in [4.69, 9.17) is 11.0 Å². The number of allylic oxidation sites excluding steroid dienone is 2.